The fourth-order valence-corrected chi connectivity index (χ4v) is 3.35. The van der Waals surface area contributed by atoms with E-state index < -0.39 is 4.92 Å². The number of nitrogens with one attached hydrogen (secondary N) is 2. The number of benzene rings is 2. The van der Waals surface area contributed by atoms with Crippen LogP contribution >= 0.6 is 0 Å². The van der Waals surface area contributed by atoms with Crippen molar-refractivity contribution in [1.29, 1.82) is 0 Å². The van der Waals surface area contributed by atoms with Crippen molar-refractivity contribution in [2.45, 2.75) is 25.5 Å². The number of hydrogen-bond acceptors (Lipinski definition) is 6. The second kappa shape index (κ2) is 7.55. The lowest BCUT2D eigenvalue weighted by Gasteiger charge is -2.36. The maximum atomic E-state index is 11.2. The second-order valence-corrected chi connectivity index (χ2v) is 6.68. The zero-order valence-electron chi connectivity index (χ0n) is 15.0. The van der Waals surface area contributed by atoms with Crippen LogP contribution in [0.2, 0.25) is 0 Å². The Bertz CT molecular complexity index is 1030. The number of nitrogens with zero attached hydrogens (tertiary/aromatic N) is 3. The Labute approximate surface area is 160 Å². The summed E-state index contributed by atoms with van der Waals surface area (Å²) in [5.74, 6) is 1.20. The van der Waals surface area contributed by atoms with Crippen LogP contribution in [0, 0.1) is 10.1 Å². The average Bonchev–Trinajstić information content (AvgIpc) is 3.12. The fourth-order valence-electron chi connectivity index (χ4n) is 3.35. The van der Waals surface area contributed by atoms with E-state index in [2.05, 4.69) is 20.1 Å². The van der Waals surface area contributed by atoms with E-state index in [1.165, 1.54) is 6.07 Å². The molecule has 2 aromatic carbocycles. The molecule has 0 spiro atoms. The van der Waals surface area contributed by atoms with Crippen LogP contribution in [0.15, 0.2) is 53.3 Å². The predicted octanol–water partition coefficient (Wildman–Crippen LogP) is 2.41. The number of aryl methyl sites for hydroxylation is 1. The summed E-state index contributed by atoms with van der Waals surface area (Å²) in [6.07, 6.45) is 1.09. The van der Waals surface area contributed by atoms with Crippen molar-refractivity contribution in [2.24, 2.45) is 0 Å². The third kappa shape index (κ3) is 3.88. The quantitative estimate of drug-likeness (QED) is 0.500. The SMILES string of the molecule is O=c1[nH]nc(CCC2CN(Cc3ccccc3)c3cc([N+](=O)[O-])ccc3O2)[nH]1. The van der Waals surface area contributed by atoms with Gasteiger partial charge in [-0.1, -0.05) is 30.3 Å². The number of anilines is 1. The molecule has 1 aliphatic rings. The number of rotatable bonds is 6. The number of hydrogen-bond donors (Lipinski definition) is 2. The molecule has 9 heteroatoms. The van der Waals surface area contributed by atoms with Crippen molar-refractivity contribution in [3.63, 3.8) is 0 Å². The van der Waals surface area contributed by atoms with E-state index in [4.69, 9.17) is 4.74 Å². The number of nitro groups is 1. The van der Waals surface area contributed by atoms with Gasteiger partial charge in [-0.15, -0.1) is 0 Å². The number of H-pyrrole nitrogens is 2. The number of nitro benzene ring substituents is 1. The van der Waals surface area contributed by atoms with Crippen LogP contribution < -0.4 is 15.3 Å². The Morgan fingerprint density at radius 2 is 2.07 bits per heavy atom. The van der Waals surface area contributed by atoms with Crippen molar-refractivity contribution < 1.29 is 9.66 Å². The van der Waals surface area contributed by atoms with Crippen molar-refractivity contribution in [3.8, 4) is 5.75 Å². The van der Waals surface area contributed by atoms with Crippen LogP contribution in [0.4, 0.5) is 11.4 Å². The molecule has 1 unspecified atom stereocenters. The number of fused-ring (bicyclic) bond motifs is 1. The third-order valence-corrected chi connectivity index (χ3v) is 4.68. The molecule has 9 nitrogen and oxygen atoms in total. The van der Waals surface area contributed by atoms with Gasteiger partial charge >= 0.3 is 5.69 Å². The Morgan fingerprint density at radius 3 is 2.79 bits per heavy atom. The average molecular weight is 381 g/mol. The van der Waals surface area contributed by atoms with Gasteiger partial charge in [0.15, 0.2) is 0 Å². The van der Waals surface area contributed by atoms with Gasteiger partial charge in [-0.3, -0.25) is 15.1 Å². The topological polar surface area (TPSA) is 117 Å². The van der Waals surface area contributed by atoms with E-state index in [0.29, 0.717) is 43.2 Å². The highest BCUT2D eigenvalue weighted by atomic mass is 16.6. The zero-order chi connectivity index (χ0) is 19.5. The molecule has 0 radical (unpaired) electrons. The molecule has 0 saturated heterocycles. The van der Waals surface area contributed by atoms with E-state index >= 15 is 0 Å². The minimum Gasteiger partial charge on any atom is -0.486 e. The first-order chi connectivity index (χ1) is 13.6. The Kier molecular flexibility index (Phi) is 4.79. The molecule has 2 heterocycles. The summed E-state index contributed by atoms with van der Waals surface area (Å²) in [5, 5.41) is 17.5. The van der Waals surface area contributed by atoms with Gasteiger partial charge in [0.2, 0.25) is 0 Å². The van der Waals surface area contributed by atoms with Gasteiger partial charge in [-0.2, -0.15) is 5.10 Å². The molecule has 1 aromatic heterocycles. The number of ether oxygens (including phenoxy) is 1. The lowest BCUT2D eigenvalue weighted by Crippen LogP contribution is -2.40. The molecule has 0 bridgehead atoms. The van der Waals surface area contributed by atoms with Gasteiger partial charge in [0, 0.05) is 25.1 Å². The van der Waals surface area contributed by atoms with Crippen molar-refractivity contribution in [3.05, 3.63) is 80.5 Å². The highest BCUT2D eigenvalue weighted by molar-refractivity contribution is 5.64. The Morgan fingerprint density at radius 1 is 1.25 bits per heavy atom. The highest BCUT2D eigenvalue weighted by Crippen LogP contribution is 2.37. The maximum absolute atomic E-state index is 11.2. The normalized spacial score (nSPS) is 15.7. The van der Waals surface area contributed by atoms with E-state index in [1.807, 2.05) is 30.3 Å². The molecule has 4 rings (SSSR count). The van der Waals surface area contributed by atoms with Gasteiger partial charge in [0.1, 0.15) is 17.7 Å². The third-order valence-electron chi connectivity index (χ3n) is 4.68. The first-order valence-corrected chi connectivity index (χ1v) is 8.96. The minimum atomic E-state index is -0.402. The largest absolute Gasteiger partial charge is 0.486 e. The summed E-state index contributed by atoms with van der Waals surface area (Å²) in [5.41, 5.74) is 1.52. The molecule has 0 fully saturated rings. The molecular weight excluding hydrogens is 362 g/mol. The van der Waals surface area contributed by atoms with Crippen LogP contribution in [0.3, 0.4) is 0 Å². The van der Waals surface area contributed by atoms with Crippen molar-refractivity contribution >= 4 is 11.4 Å². The zero-order valence-corrected chi connectivity index (χ0v) is 15.0. The van der Waals surface area contributed by atoms with E-state index in [-0.39, 0.29) is 17.5 Å². The Balaban J connectivity index is 1.57. The molecular formula is C19H19N5O4. The number of aromatic nitrogens is 3. The minimum absolute atomic E-state index is 0.0351. The maximum Gasteiger partial charge on any atom is 0.340 e. The lowest BCUT2D eigenvalue weighted by atomic mass is 10.1. The van der Waals surface area contributed by atoms with Crippen molar-refractivity contribution in [2.75, 3.05) is 11.4 Å². The first kappa shape index (κ1) is 17.8. The first-order valence-electron chi connectivity index (χ1n) is 8.96. The van der Waals surface area contributed by atoms with Crippen LogP contribution in [-0.4, -0.2) is 32.8 Å². The Hall–Kier alpha value is -3.62. The van der Waals surface area contributed by atoms with Gasteiger partial charge in [0.05, 0.1) is 17.2 Å². The summed E-state index contributed by atoms with van der Waals surface area (Å²) in [6.45, 7) is 1.20. The summed E-state index contributed by atoms with van der Waals surface area (Å²) in [7, 11) is 0. The molecule has 144 valence electrons. The molecule has 0 amide bonds. The molecule has 0 saturated carbocycles. The van der Waals surface area contributed by atoms with E-state index in [1.54, 1.807) is 12.1 Å². The second-order valence-electron chi connectivity index (χ2n) is 6.68. The molecule has 2 N–H and O–H groups in total. The fraction of sp³-hybridized carbons (Fsp3) is 0.263. The highest BCUT2D eigenvalue weighted by Gasteiger charge is 2.27. The van der Waals surface area contributed by atoms with E-state index in [9.17, 15) is 14.9 Å². The van der Waals surface area contributed by atoms with Gasteiger partial charge in [0.25, 0.3) is 5.69 Å². The van der Waals surface area contributed by atoms with Crippen LogP contribution in [0.5, 0.6) is 5.75 Å². The molecule has 0 aliphatic carbocycles. The predicted molar refractivity (Wildman–Crippen MR) is 103 cm³/mol. The summed E-state index contributed by atoms with van der Waals surface area (Å²) in [4.78, 5) is 26.7. The summed E-state index contributed by atoms with van der Waals surface area (Å²) in [6, 6.07) is 14.6. The summed E-state index contributed by atoms with van der Waals surface area (Å²) >= 11 is 0. The molecule has 28 heavy (non-hydrogen) atoms. The monoisotopic (exact) mass is 381 g/mol. The summed E-state index contributed by atoms with van der Waals surface area (Å²) < 4.78 is 6.07. The number of non-ortho nitro benzene ring substituents is 1. The molecule has 3 aromatic rings. The molecule has 1 atom stereocenters. The van der Waals surface area contributed by atoms with E-state index in [0.717, 1.165) is 5.56 Å². The van der Waals surface area contributed by atoms with Crippen LogP contribution in [0.1, 0.15) is 17.8 Å². The van der Waals surface area contributed by atoms with Gasteiger partial charge < -0.3 is 9.64 Å². The van der Waals surface area contributed by atoms with Gasteiger partial charge in [-0.25, -0.2) is 9.89 Å². The molecule has 1 aliphatic heterocycles. The number of aromatic amines is 2. The lowest BCUT2D eigenvalue weighted by molar-refractivity contribution is -0.384. The van der Waals surface area contributed by atoms with Crippen LogP contribution in [-0.2, 0) is 13.0 Å². The van der Waals surface area contributed by atoms with Crippen molar-refractivity contribution in [1.82, 2.24) is 15.2 Å². The van der Waals surface area contributed by atoms with Gasteiger partial charge in [-0.05, 0) is 18.1 Å². The standard InChI is InChI=1S/C19H19N5O4/c25-19-20-18(21-22-19)9-7-15-12-23(11-13-4-2-1-3-5-13)16-10-14(24(26)27)6-8-17(16)28-15/h1-6,8,10,15H,7,9,11-12H2,(H2,20,21,22,25). The van der Waals surface area contributed by atoms with Crippen LogP contribution in [0.25, 0.3) is 0 Å². The smallest absolute Gasteiger partial charge is 0.340 e.